The Balaban J connectivity index is 0.000000464. The van der Waals surface area contributed by atoms with Crippen LogP contribution in [0.2, 0.25) is 0 Å². The molecule has 2 aliphatic rings. The Morgan fingerprint density at radius 2 is 1.22 bits per heavy atom. The van der Waals surface area contributed by atoms with Crippen molar-refractivity contribution >= 4 is 16.7 Å². The van der Waals surface area contributed by atoms with Gasteiger partial charge >= 0.3 is 0 Å². The van der Waals surface area contributed by atoms with E-state index >= 15 is 0 Å². The summed E-state index contributed by atoms with van der Waals surface area (Å²) < 4.78 is 0. The molecule has 0 amide bonds. The first-order valence-corrected chi connectivity index (χ1v) is 28.6. The van der Waals surface area contributed by atoms with Crippen LogP contribution in [0.15, 0.2) is 261 Å². The monoisotopic (exact) mass is 1050 g/mol. The van der Waals surface area contributed by atoms with E-state index in [-0.39, 0.29) is 7.43 Å². The van der Waals surface area contributed by atoms with Crippen LogP contribution in [-0.2, 0) is 11.8 Å². The molecule has 0 fully saturated rings. The van der Waals surface area contributed by atoms with Crippen LogP contribution in [-0.4, -0.2) is 0 Å². The lowest BCUT2D eigenvalue weighted by Gasteiger charge is -2.39. The normalized spacial score (nSPS) is 13.0. The maximum atomic E-state index is 4.77. The summed E-state index contributed by atoms with van der Waals surface area (Å²) in [6, 6.07) is 53.1. The first-order valence-electron chi connectivity index (χ1n) is 28.6. The smallest absolute Gasteiger partial charge is 0.0713 e. The van der Waals surface area contributed by atoms with Crippen molar-refractivity contribution in [1.29, 1.82) is 0 Å². The van der Waals surface area contributed by atoms with E-state index in [0.29, 0.717) is 5.92 Å². The molecule has 6 aromatic rings. The van der Waals surface area contributed by atoms with Crippen molar-refractivity contribution < 1.29 is 0 Å². The highest BCUT2D eigenvalue weighted by Gasteiger charge is 2.48. The third kappa shape index (κ3) is 17.0. The lowest BCUT2D eigenvalue weighted by molar-refractivity contribution is 0.743. The van der Waals surface area contributed by atoms with Crippen molar-refractivity contribution in [3.05, 3.63) is 306 Å². The molecule has 414 valence electrons. The molecule has 0 heterocycles. The Kier molecular flexibility index (Phi) is 30.0. The van der Waals surface area contributed by atoms with E-state index in [0.717, 1.165) is 36.8 Å². The molecule has 0 unspecified atom stereocenters. The molecule has 0 saturated heterocycles. The van der Waals surface area contributed by atoms with Gasteiger partial charge in [-0.25, -0.2) is 0 Å². The third-order valence-electron chi connectivity index (χ3n) is 14.0. The fourth-order valence-corrected chi connectivity index (χ4v) is 10.2. The number of rotatable bonds is 14. The van der Waals surface area contributed by atoms with Crippen molar-refractivity contribution in [2.24, 2.45) is 0 Å². The van der Waals surface area contributed by atoms with Crippen molar-refractivity contribution in [2.75, 3.05) is 0 Å². The van der Waals surface area contributed by atoms with Crippen molar-refractivity contribution in [2.45, 2.75) is 141 Å². The molecule has 0 aromatic heterocycles. The van der Waals surface area contributed by atoms with Crippen molar-refractivity contribution in [3.8, 4) is 22.3 Å². The molecule has 79 heavy (non-hydrogen) atoms. The Bertz CT molecular complexity index is 3060. The lowest BCUT2D eigenvalue weighted by atomic mass is 9.62. The topological polar surface area (TPSA) is 0 Å². The number of allylic oxidation sites excluding steroid dienone is 17. The summed E-state index contributed by atoms with van der Waals surface area (Å²) in [5.41, 5.74) is 25.1. The largest absolute Gasteiger partial charge is 0.103 e. The third-order valence-corrected chi connectivity index (χ3v) is 14.0. The van der Waals surface area contributed by atoms with Gasteiger partial charge in [0, 0.05) is 0 Å². The van der Waals surface area contributed by atoms with Crippen molar-refractivity contribution in [1.82, 2.24) is 0 Å². The highest BCUT2D eigenvalue weighted by molar-refractivity contribution is 5.92. The van der Waals surface area contributed by atoms with Crippen LogP contribution < -0.4 is 0 Å². The second-order valence-corrected chi connectivity index (χ2v) is 19.4. The number of hydrogen-bond donors (Lipinski definition) is 0. The van der Waals surface area contributed by atoms with Gasteiger partial charge in [-0.15, -0.1) is 6.58 Å². The number of benzene rings is 6. The number of fused-ring (bicyclic) bond motifs is 3. The van der Waals surface area contributed by atoms with E-state index in [1.807, 2.05) is 66.7 Å². The summed E-state index contributed by atoms with van der Waals surface area (Å²) in [5.74, 6) is 0.569. The van der Waals surface area contributed by atoms with Crippen LogP contribution in [0.1, 0.15) is 167 Å². The average molecular weight is 1050 g/mol. The quantitative estimate of drug-likeness (QED) is 0.0753. The van der Waals surface area contributed by atoms with Gasteiger partial charge in [-0.05, 0) is 179 Å². The molecule has 0 aliphatic heterocycles. The molecular formula is C79H98. The summed E-state index contributed by atoms with van der Waals surface area (Å²) in [5, 5.41) is 0. The van der Waals surface area contributed by atoms with E-state index in [4.69, 9.17) is 6.58 Å². The number of hydrogen-bond acceptors (Lipinski definition) is 0. The molecule has 0 atom stereocenters. The van der Waals surface area contributed by atoms with Gasteiger partial charge in [-0.2, -0.15) is 0 Å². The molecule has 8 rings (SSSR count). The predicted octanol–water partition coefficient (Wildman–Crippen LogP) is 24.3. The molecule has 0 spiro atoms. The van der Waals surface area contributed by atoms with Crippen LogP contribution in [0.3, 0.4) is 0 Å². The van der Waals surface area contributed by atoms with E-state index in [1.54, 1.807) is 6.08 Å². The summed E-state index contributed by atoms with van der Waals surface area (Å²) in [7, 11) is 0. The van der Waals surface area contributed by atoms with Gasteiger partial charge in [0.2, 0.25) is 0 Å². The first-order chi connectivity index (χ1) is 37.8. The molecule has 0 radical (unpaired) electrons. The van der Waals surface area contributed by atoms with Gasteiger partial charge in [0.1, 0.15) is 0 Å². The van der Waals surface area contributed by atoms with Gasteiger partial charge in [0.05, 0.1) is 5.41 Å². The standard InChI is InChI=1S/C41H38.C18H20.C12H18.C3H6.2C2H6.CH4/c1-6-30-21-23-31(24-22-30)32-25-26-35(29(5)34-16-10-9-15-28(34)4)40(27-32)41(33(7-2)8-3)38-19-13-11-17-36(38)37-18-12-14-20-39(37)41;1-13(2)15-8-10-16(11-9-15)18-7-5-6-17(12-18)14(3)4;1-5-8-11(4)12(9-6-2)10-7-3;1-3-2;2*1-2;/h7-24,27H,2,5-6,25-26H2,1,3-4H3;5-12,14H,1H2,2-4H3;6-10H,2,5H2,1,3-4H3;3H,1H2,2H3;2*1-2H3;1H4/b33-8-;;10-7-,11-8-,12-9+;;;;. The van der Waals surface area contributed by atoms with Crippen LogP contribution in [0.5, 0.6) is 0 Å². The zero-order chi connectivity index (χ0) is 57.8. The Morgan fingerprint density at radius 3 is 1.71 bits per heavy atom. The van der Waals surface area contributed by atoms with Gasteiger partial charge in [-0.1, -0.05) is 295 Å². The van der Waals surface area contributed by atoms with E-state index < -0.39 is 5.41 Å². The first kappa shape index (κ1) is 67.6. The molecule has 0 N–H and O–H groups in total. The van der Waals surface area contributed by atoms with Gasteiger partial charge in [0.15, 0.2) is 0 Å². The maximum absolute atomic E-state index is 4.77. The minimum atomic E-state index is -0.486. The highest BCUT2D eigenvalue weighted by atomic mass is 14.5. The molecule has 0 bridgehead atoms. The van der Waals surface area contributed by atoms with Gasteiger partial charge < -0.3 is 0 Å². The Morgan fingerprint density at radius 1 is 0.658 bits per heavy atom. The second-order valence-electron chi connectivity index (χ2n) is 19.4. The maximum Gasteiger partial charge on any atom is 0.0713 e. The Hall–Kier alpha value is -7.54. The average Bonchev–Trinajstić information content (AvgIpc) is 4.03. The molecular weight excluding hydrogens is 949 g/mol. The van der Waals surface area contributed by atoms with Crippen LogP contribution in [0, 0.1) is 6.92 Å². The fraction of sp³-hybridized carbons (Fsp3) is 0.266. The van der Waals surface area contributed by atoms with E-state index in [1.165, 1.54) is 100 Å². The van der Waals surface area contributed by atoms with Crippen LogP contribution in [0.4, 0.5) is 0 Å². The molecule has 6 aromatic carbocycles. The van der Waals surface area contributed by atoms with Crippen LogP contribution >= 0.6 is 0 Å². The molecule has 0 heteroatoms. The van der Waals surface area contributed by atoms with Crippen LogP contribution in [0.25, 0.3) is 39.0 Å². The van der Waals surface area contributed by atoms with Gasteiger partial charge in [0.25, 0.3) is 0 Å². The molecule has 2 aliphatic carbocycles. The second kappa shape index (κ2) is 35.1. The summed E-state index contributed by atoms with van der Waals surface area (Å²) in [6.45, 7) is 49.4. The fourth-order valence-electron chi connectivity index (χ4n) is 10.2. The lowest BCUT2D eigenvalue weighted by Crippen LogP contribution is -2.31. The highest BCUT2D eigenvalue weighted by Crippen LogP contribution is 2.60. The predicted molar refractivity (Wildman–Crippen MR) is 360 cm³/mol. The summed E-state index contributed by atoms with van der Waals surface area (Å²) in [4.78, 5) is 0. The van der Waals surface area contributed by atoms with E-state index in [2.05, 4.69) is 251 Å². The molecule has 0 nitrogen and oxygen atoms in total. The zero-order valence-corrected chi connectivity index (χ0v) is 50.5. The minimum absolute atomic E-state index is 0. The Labute approximate surface area is 483 Å². The summed E-state index contributed by atoms with van der Waals surface area (Å²) in [6.07, 6.45) is 22.8. The van der Waals surface area contributed by atoms with Gasteiger partial charge in [-0.3, -0.25) is 0 Å². The van der Waals surface area contributed by atoms with Crippen molar-refractivity contribution in [3.63, 3.8) is 0 Å². The van der Waals surface area contributed by atoms with E-state index in [9.17, 15) is 0 Å². The SMILES string of the molecule is C.C=C(C)c1ccc(-c2cccc(C(C)C)c2)cc1.C=C/C(=C/C)C1(C2=C(C(=C)c3ccccc3C)CCC(c3ccc(CC)cc3)=C2)c2ccccc2-c2ccccc21.C=C/C=C(\C=C/C)C(/C)=C\CC.C=CC.CC.CC. The minimum Gasteiger partial charge on any atom is -0.103 e. The number of aryl methyl sites for hydroxylation is 2. The summed E-state index contributed by atoms with van der Waals surface area (Å²) >= 11 is 0. The zero-order valence-electron chi connectivity index (χ0n) is 50.5. The molecule has 0 saturated carbocycles.